The first-order chi connectivity index (χ1) is 12.5. The van der Waals surface area contributed by atoms with Gasteiger partial charge in [0, 0.05) is 23.2 Å². The van der Waals surface area contributed by atoms with E-state index in [0.29, 0.717) is 17.4 Å². The van der Waals surface area contributed by atoms with Gasteiger partial charge in [-0.2, -0.15) is 4.80 Å². The zero-order valence-electron chi connectivity index (χ0n) is 14.7. The number of benzene rings is 2. The highest BCUT2D eigenvalue weighted by Gasteiger charge is 2.19. The smallest absolute Gasteiger partial charge is 0.246 e. The fraction of sp³-hybridized carbons (Fsp3) is 0.263. The third-order valence-electron chi connectivity index (χ3n) is 3.97. The van der Waals surface area contributed by atoms with Crippen molar-refractivity contribution in [1.29, 1.82) is 0 Å². The van der Waals surface area contributed by atoms with Gasteiger partial charge in [-0.25, -0.2) is 0 Å². The van der Waals surface area contributed by atoms with Crippen molar-refractivity contribution >= 4 is 17.5 Å². The van der Waals surface area contributed by atoms with Crippen LogP contribution in [-0.2, 0) is 17.9 Å². The molecule has 0 fully saturated rings. The van der Waals surface area contributed by atoms with E-state index >= 15 is 0 Å². The Hall–Kier alpha value is -2.73. The van der Waals surface area contributed by atoms with Gasteiger partial charge in [-0.05, 0) is 48.9 Å². The topological polar surface area (TPSA) is 63.9 Å². The lowest BCUT2D eigenvalue weighted by Gasteiger charge is -2.26. The van der Waals surface area contributed by atoms with Gasteiger partial charge in [0.25, 0.3) is 0 Å². The minimum Gasteiger partial charge on any atom is -0.334 e. The summed E-state index contributed by atoms with van der Waals surface area (Å²) in [7, 11) is 0. The number of hydrogen-bond acceptors (Lipinski definition) is 4. The molecule has 0 saturated carbocycles. The van der Waals surface area contributed by atoms with Gasteiger partial charge in [0.2, 0.25) is 11.7 Å². The van der Waals surface area contributed by atoms with Crippen LogP contribution in [0.2, 0.25) is 5.02 Å². The zero-order chi connectivity index (χ0) is 18.5. The number of aromatic nitrogens is 4. The first-order valence-electron chi connectivity index (χ1n) is 8.40. The molecule has 2 aromatic carbocycles. The predicted molar refractivity (Wildman–Crippen MR) is 100 cm³/mol. The van der Waals surface area contributed by atoms with Gasteiger partial charge in [-0.15, -0.1) is 10.2 Å². The van der Waals surface area contributed by atoms with Crippen LogP contribution in [0.5, 0.6) is 0 Å². The maximum Gasteiger partial charge on any atom is 0.246 e. The van der Waals surface area contributed by atoms with Crippen molar-refractivity contribution in [2.75, 3.05) is 0 Å². The van der Waals surface area contributed by atoms with Gasteiger partial charge in [-0.1, -0.05) is 41.9 Å². The Balaban J connectivity index is 1.70. The highest BCUT2D eigenvalue weighted by atomic mass is 35.5. The van der Waals surface area contributed by atoms with Crippen LogP contribution in [0.15, 0.2) is 54.6 Å². The molecule has 0 spiro atoms. The van der Waals surface area contributed by atoms with Crippen molar-refractivity contribution in [2.24, 2.45) is 0 Å². The molecule has 3 aromatic rings. The number of carbonyl (C=O) groups excluding carboxylic acids is 1. The van der Waals surface area contributed by atoms with E-state index in [1.807, 2.05) is 56.3 Å². The zero-order valence-corrected chi connectivity index (χ0v) is 15.5. The predicted octanol–water partition coefficient (Wildman–Crippen LogP) is 3.43. The number of tetrazole rings is 1. The largest absolute Gasteiger partial charge is 0.334 e. The average molecular weight is 370 g/mol. The highest BCUT2D eigenvalue weighted by Crippen LogP contribution is 2.17. The number of halogens is 1. The van der Waals surface area contributed by atoms with Gasteiger partial charge in [0.05, 0.1) is 0 Å². The van der Waals surface area contributed by atoms with Crippen LogP contribution in [0.1, 0.15) is 19.4 Å². The lowest BCUT2D eigenvalue weighted by molar-refractivity contribution is -0.134. The monoisotopic (exact) mass is 369 g/mol. The van der Waals surface area contributed by atoms with E-state index in [4.69, 9.17) is 11.6 Å². The average Bonchev–Trinajstić information content (AvgIpc) is 3.09. The van der Waals surface area contributed by atoms with Crippen molar-refractivity contribution < 1.29 is 4.79 Å². The molecule has 1 aromatic heterocycles. The molecular formula is C19H20ClN5O. The van der Waals surface area contributed by atoms with E-state index < -0.39 is 0 Å². The van der Waals surface area contributed by atoms with Crippen molar-refractivity contribution in [3.05, 3.63) is 65.2 Å². The Bertz CT molecular complexity index is 861. The molecule has 0 bridgehead atoms. The molecule has 7 heteroatoms. The highest BCUT2D eigenvalue weighted by molar-refractivity contribution is 6.30. The summed E-state index contributed by atoms with van der Waals surface area (Å²) in [5.41, 5.74) is 1.89. The summed E-state index contributed by atoms with van der Waals surface area (Å²) in [6.07, 6.45) is 0. The van der Waals surface area contributed by atoms with Gasteiger partial charge < -0.3 is 4.90 Å². The Kier molecular flexibility index (Phi) is 5.63. The fourth-order valence-electron chi connectivity index (χ4n) is 2.58. The second kappa shape index (κ2) is 8.10. The van der Waals surface area contributed by atoms with Gasteiger partial charge >= 0.3 is 0 Å². The summed E-state index contributed by atoms with van der Waals surface area (Å²) >= 11 is 5.89. The lowest BCUT2D eigenvalue weighted by Crippen LogP contribution is -2.39. The van der Waals surface area contributed by atoms with Gasteiger partial charge in [0.15, 0.2) is 0 Å². The quantitative estimate of drug-likeness (QED) is 0.667. The van der Waals surface area contributed by atoms with Crippen LogP contribution in [0.4, 0.5) is 0 Å². The van der Waals surface area contributed by atoms with Crippen molar-refractivity contribution in [1.82, 2.24) is 25.1 Å². The number of hydrogen-bond donors (Lipinski definition) is 0. The number of nitrogens with zero attached hydrogens (tertiary/aromatic N) is 5. The molecule has 134 valence electrons. The van der Waals surface area contributed by atoms with Crippen molar-refractivity contribution in [3.8, 4) is 11.4 Å². The minimum atomic E-state index is -0.0519. The molecule has 0 aliphatic carbocycles. The maximum absolute atomic E-state index is 12.7. The third-order valence-corrected chi connectivity index (χ3v) is 4.22. The molecule has 0 N–H and O–H groups in total. The molecule has 0 radical (unpaired) electrons. The second-order valence-electron chi connectivity index (χ2n) is 6.25. The van der Waals surface area contributed by atoms with Crippen LogP contribution in [0.3, 0.4) is 0 Å². The van der Waals surface area contributed by atoms with Crippen molar-refractivity contribution in [2.45, 2.75) is 33.0 Å². The van der Waals surface area contributed by atoms with E-state index in [0.717, 1.165) is 11.1 Å². The number of amides is 1. The molecule has 6 nitrogen and oxygen atoms in total. The second-order valence-corrected chi connectivity index (χ2v) is 6.69. The van der Waals surface area contributed by atoms with Crippen LogP contribution in [0, 0.1) is 0 Å². The SMILES string of the molecule is CC(C)N(Cc1ccccc1)C(=O)Cn1nnc(-c2ccc(Cl)cc2)n1. The Morgan fingerprint density at radius 1 is 1.12 bits per heavy atom. The van der Waals surface area contributed by atoms with Crippen LogP contribution in [0.25, 0.3) is 11.4 Å². The molecule has 0 atom stereocenters. The van der Waals surface area contributed by atoms with E-state index in [9.17, 15) is 4.79 Å². The molecule has 3 rings (SSSR count). The maximum atomic E-state index is 12.7. The van der Waals surface area contributed by atoms with Gasteiger partial charge in [-0.3, -0.25) is 4.79 Å². The van der Waals surface area contributed by atoms with E-state index in [2.05, 4.69) is 15.4 Å². The number of rotatable bonds is 6. The van der Waals surface area contributed by atoms with Crippen LogP contribution >= 0.6 is 11.6 Å². The van der Waals surface area contributed by atoms with Gasteiger partial charge in [0.1, 0.15) is 6.54 Å². The summed E-state index contributed by atoms with van der Waals surface area (Å²) in [6, 6.07) is 17.2. The summed E-state index contributed by atoms with van der Waals surface area (Å²) in [5.74, 6) is 0.414. The molecule has 0 unspecified atom stereocenters. The molecular weight excluding hydrogens is 350 g/mol. The fourth-order valence-corrected chi connectivity index (χ4v) is 2.70. The summed E-state index contributed by atoms with van der Waals surface area (Å²) < 4.78 is 0. The summed E-state index contributed by atoms with van der Waals surface area (Å²) in [4.78, 5) is 15.9. The van der Waals surface area contributed by atoms with E-state index in [1.54, 1.807) is 17.0 Å². The normalized spacial score (nSPS) is 10.9. The van der Waals surface area contributed by atoms with Crippen LogP contribution in [-0.4, -0.2) is 37.1 Å². The van der Waals surface area contributed by atoms with E-state index in [1.165, 1.54) is 4.80 Å². The Morgan fingerprint density at radius 3 is 2.46 bits per heavy atom. The molecule has 26 heavy (non-hydrogen) atoms. The standard InChI is InChI=1S/C19H20ClN5O/c1-14(2)24(12-15-6-4-3-5-7-15)18(26)13-25-22-19(21-23-25)16-8-10-17(20)11-9-16/h3-11,14H,12-13H2,1-2H3. The molecule has 0 aliphatic heterocycles. The van der Waals surface area contributed by atoms with E-state index in [-0.39, 0.29) is 18.5 Å². The molecule has 1 heterocycles. The molecule has 1 amide bonds. The third kappa shape index (κ3) is 4.46. The number of carbonyl (C=O) groups is 1. The summed E-state index contributed by atoms with van der Waals surface area (Å²) in [5, 5.41) is 13.0. The first-order valence-corrected chi connectivity index (χ1v) is 8.78. The lowest BCUT2D eigenvalue weighted by atomic mass is 10.2. The Labute approximate surface area is 157 Å². The Morgan fingerprint density at radius 2 is 1.81 bits per heavy atom. The molecule has 0 saturated heterocycles. The first kappa shape index (κ1) is 18.1. The van der Waals surface area contributed by atoms with Crippen LogP contribution < -0.4 is 0 Å². The van der Waals surface area contributed by atoms with Crippen molar-refractivity contribution in [3.63, 3.8) is 0 Å². The molecule has 0 aliphatic rings. The minimum absolute atomic E-state index is 0.0472. The summed E-state index contributed by atoms with van der Waals surface area (Å²) in [6.45, 7) is 4.59.